The number of nitrogens with one attached hydrogen (secondary N) is 1. The van der Waals surface area contributed by atoms with Gasteiger partial charge in [-0.25, -0.2) is 4.79 Å². The van der Waals surface area contributed by atoms with E-state index in [1.54, 1.807) is 12.1 Å². The molecule has 4 nitrogen and oxygen atoms in total. The zero-order valence-electron chi connectivity index (χ0n) is 10.2. The molecular weight excluding hydrogens is 216 g/mol. The first kappa shape index (κ1) is 11.8. The summed E-state index contributed by atoms with van der Waals surface area (Å²) in [7, 11) is 1.37. The lowest BCUT2D eigenvalue weighted by atomic mass is 10.1. The normalized spacial score (nSPS) is 22.0. The predicted octanol–water partition coefficient (Wildman–Crippen LogP) is 2.12. The van der Waals surface area contributed by atoms with Crippen molar-refractivity contribution in [2.75, 3.05) is 24.7 Å². The van der Waals surface area contributed by atoms with E-state index in [-0.39, 0.29) is 5.97 Å². The van der Waals surface area contributed by atoms with Gasteiger partial charge in [-0.3, -0.25) is 0 Å². The molecule has 0 aliphatic heterocycles. The summed E-state index contributed by atoms with van der Waals surface area (Å²) in [5.41, 5.74) is 7.54. The molecule has 17 heavy (non-hydrogen) atoms. The van der Waals surface area contributed by atoms with Crippen molar-refractivity contribution in [2.45, 2.75) is 13.3 Å². The quantitative estimate of drug-likeness (QED) is 0.618. The molecule has 0 heterocycles. The van der Waals surface area contributed by atoms with E-state index in [0.29, 0.717) is 11.3 Å². The lowest BCUT2D eigenvalue weighted by Crippen LogP contribution is -2.11. The van der Waals surface area contributed by atoms with Gasteiger partial charge in [0, 0.05) is 17.9 Å². The number of ether oxygens (including phenoxy) is 1. The third kappa shape index (κ3) is 2.70. The molecule has 0 bridgehead atoms. The van der Waals surface area contributed by atoms with Crippen LogP contribution in [-0.2, 0) is 4.74 Å². The van der Waals surface area contributed by atoms with Gasteiger partial charge in [-0.05, 0) is 36.5 Å². The average molecular weight is 234 g/mol. The minimum absolute atomic E-state index is 0.358. The summed E-state index contributed by atoms with van der Waals surface area (Å²) in [5, 5.41) is 3.29. The second-order valence-electron chi connectivity index (χ2n) is 4.65. The van der Waals surface area contributed by atoms with E-state index in [9.17, 15) is 4.79 Å². The van der Waals surface area contributed by atoms with Gasteiger partial charge in [0.15, 0.2) is 0 Å². The lowest BCUT2D eigenvalue weighted by molar-refractivity contribution is 0.0602. The smallest absolute Gasteiger partial charge is 0.340 e. The van der Waals surface area contributed by atoms with Crippen LogP contribution in [0, 0.1) is 11.8 Å². The van der Waals surface area contributed by atoms with E-state index in [4.69, 9.17) is 10.5 Å². The number of hydrogen-bond acceptors (Lipinski definition) is 4. The third-order valence-corrected chi connectivity index (χ3v) is 3.28. The Hall–Kier alpha value is -1.71. The number of benzene rings is 1. The molecule has 0 amide bonds. The van der Waals surface area contributed by atoms with Crippen LogP contribution in [0.2, 0.25) is 0 Å². The molecule has 92 valence electrons. The summed E-state index contributed by atoms with van der Waals surface area (Å²) in [6.07, 6.45) is 1.26. The van der Waals surface area contributed by atoms with Crippen LogP contribution in [0.1, 0.15) is 23.7 Å². The van der Waals surface area contributed by atoms with Crippen LogP contribution >= 0.6 is 0 Å². The molecule has 2 unspecified atom stereocenters. The fourth-order valence-electron chi connectivity index (χ4n) is 1.92. The molecule has 0 spiro atoms. The van der Waals surface area contributed by atoms with E-state index in [1.165, 1.54) is 13.5 Å². The van der Waals surface area contributed by atoms with Crippen molar-refractivity contribution in [3.8, 4) is 0 Å². The van der Waals surface area contributed by atoms with E-state index in [0.717, 1.165) is 24.1 Å². The highest BCUT2D eigenvalue weighted by atomic mass is 16.5. The number of nitrogen functional groups attached to an aromatic ring is 1. The molecule has 0 aromatic heterocycles. The van der Waals surface area contributed by atoms with E-state index < -0.39 is 0 Å². The standard InChI is InChI=1S/C13H18N2O2/c1-8-5-9(8)7-15-12-4-3-10(14)6-11(12)13(16)17-2/h3-4,6,8-9,15H,5,7,14H2,1-2H3. The highest BCUT2D eigenvalue weighted by Gasteiger charge is 2.32. The van der Waals surface area contributed by atoms with Gasteiger partial charge in [-0.2, -0.15) is 0 Å². The topological polar surface area (TPSA) is 64.3 Å². The fraction of sp³-hybridized carbons (Fsp3) is 0.462. The van der Waals surface area contributed by atoms with Crippen molar-refractivity contribution in [1.82, 2.24) is 0 Å². The number of anilines is 2. The van der Waals surface area contributed by atoms with Gasteiger partial charge in [0.1, 0.15) is 0 Å². The molecule has 1 aromatic rings. The molecule has 1 fully saturated rings. The third-order valence-electron chi connectivity index (χ3n) is 3.28. The number of esters is 1. The van der Waals surface area contributed by atoms with Crippen LogP contribution in [0.15, 0.2) is 18.2 Å². The zero-order valence-corrected chi connectivity index (χ0v) is 10.2. The van der Waals surface area contributed by atoms with Gasteiger partial charge < -0.3 is 15.8 Å². The summed E-state index contributed by atoms with van der Waals surface area (Å²) in [6, 6.07) is 5.25. The summed E-state index contributed by atoms with van der Waals surface area (Å²) in [6.45, 7) is 3.13. The molecule has 4 heteroatoms. The highest BCUT2D eigenvalue weighted by Crippen LogP contribution is 2.37. The Morgan fingerprint density at radius 3 is 2.88 bits per heavy atom. The maximum absolute atomic E-state index is 11.6. The summed E-state index contributed by atoms with van der Waals surface area (Å²) < 4.78 is 4.74. The molecule has 0 saturated heterocycles. The summed E-state index contributed by atoms with van der Waals surface area (Å²) in [4.78, 5) is 11.6. The van der Waals surface area contributed by atoms with Crippen molar-refractivity contribution >= 4 is 17.3 Å². The number of rotatable bonds is 4. The van der Waals surface area contributed by atoms with Gasteiger partial charge in [0.2, 0.25) is 0 Å². The molecule has 0 radical (unpaired) electrons. The maximum Gasteiger partial charge on any atom is 0.340 e. The van der Waals surface area contributed by atoms with Crippen molar-refractivity contribution in [3.05, 3.63) is 23.8 Å². The van der Waals surface area contributed by atoms with Crippen LogP contribution in [0.3, 0.4) is 0 Å². The monoisotopic (exact) mass is 234 g/mol. The SMILES string of the molecule is COC(=O)c1cc(N)ccc1NCC1CC1C. The first-order valence-corrected chi connectivity index (χ1v) is 5.83. The Bertz CT molecular complexity index is 431. The van der Waals surface area contributed by atoms with E-state index in [1.807, 2.05) is 6.07 Å². The van der Waals surface area contributed by atoms with Crippen molar-refractivity contribution in [3.63, 3.8) is 0 Å². The number of nitrogens with two attached hydrogens (primary N) is 1. The molecule has 3 N–H and O–H groups in total. The molecule has 1 aromatic carbocycles. The van der Waals surface area contributed by atoms with Crippen LogP contribution in [-0.4, -0.2) is 19.6 Å². The Labute approximate surface area is 101 Å². The molecule has 2 atom stereocenters. The lowest BCUT2D eigenvalue weighted by Gasteiger charge is -2.11. The number of carbonyl (C=O) groups excluding carboxylic acids is 1. The van der Waals surface area contributed by atoms with Gasteiger partial charge >= 0.3 is 5.97 Å². The Kier molecular flexibility index (Phi) is 3.22. The number of carbonyl (C=O) groups is 1. The first-order valence-electron chi connectivity index (χ1n) is 5.83. The predicted molar refractivity (Wildman–Crippen MR) is 68.0 cm³/mol. The summed E-state index contributed by atoms with van der Waals surface area (Å²) >= 11 is 0. The average Bonchev–Trinajstić information content (AvgIpc) is 3.02. The number of hydrogen-bond donors (Lipinski definition) is 2. The maximum atomic E-state index is 11.6. The molecule has 1 aliphatic carbocycles. The largest absolute Gasteiger partial charge is 0.465 e. The second kappa shape index (κ2) is 4.65. The van der Waals surface area contributed by atoms with Gasteiger partial charge in [-0.1, -0.05) is 6.92 Å². The van der Waals surface area contributed by atoms with E-state index >= 15 is 0 Å². The molecule has 1 saturated carbocycles. The Morgan fingerprint density at radius 1 is 1.59 bits per heavy atom. The summed E-state index contributed by atoms with van der Waals surface area (Å²) in [5.74, 6) is 1.15. The van der Waals surface area contributed by atoms with Gasteiger partial charge in [-0.15, -0.1) is 0 Å². The van der Waals surface area contributed by atoms with Crippen LogP contribution in [0.4, 0.5) is 11.4 Å². The van der Waals surface area contributed by atoms with Crippen LogP contribution < -0.4 is 11.1 Å². The molecular formula is C13H18N2O2. The van der Waals surface area contributed by atoms with Crippen molar-refractivity contribution in [2.24, 2.45) is 11.8 Å². The number of methoxy groups -OCH3 is 1. The zero-order chi connectivity index (χ0) is 12.4. The Balaban J connectivity index is 2.11. The van der Waals surface area contributed by atoms with Crippen LogP contribution in [0.25, 0.3) is 0 Å². The highest BCUT2D eigenvalue weighted by molar-refractivity contribution is 5.96. The van der Waals surface area contributed by atoms with Gasteiger partial charge in [0.05, 0.1) is 12.7 Å². The van der Waals surface area contributed by atoms with Crippen LogP contribution in [0.5, 0.6) is 0 Å². The first-order chi connectivity index (χ1) is 8.11. The minimum atomic E-state index is -0.358. The van der Waals surface area contributed by atoms with Crippen molar-refractivity contribution in [1.29, 1.82) is 0 Å². The Morgan fingerprint density at radius 2 is 2.29 bits per heavy atom. The molecule has 1 aliphatic rings. The van der Waals surface area contributed by atoms with Gasteiger partial charge in [0.25, 0.3) is 0 Å². The fourth-order valence-corrected chi connectivity index (χ4v) is 1.92. The minimum Gasteiger partial charge on any atom is -0.465 e. The van der Waals surface area contributed by atoms with Crippen molar-refractivity contribution < 1.29 is 9.53 Å². The molecule has 2 rings (SSSR count). The van der Waals surface area contributed by atoms with E-state index in [2.05, 4.69) is 12.2 Å². The second-order valence-corrected chi connectivity index (χ2v) is 4.65.